The Hall–Kier alpha value is -1.79. The monoisotopic (exact) mass is 466 g/mol. The molecule has 1 N–H and O–H groups in total. The first-order valence-electron chi connectivity index (χ1n) is 13.3. The van der Waals surface area contributed by atoms with Crippen molar-refractivity contribution in [2.24, 2.45) is 5.92 Å². The largest absolute Gasteiger partial charge is 0.365 e. The number of thiophene rings is 1. The van der Waals surface area contributed by atoms with Crippen molar-refractivity contribution in [2.75, 3.05) is 44.2 Å². The summed E-state index contributed by atoms with van der Waals surface area (Å²) in [6.07, 6.45) is 11.0. The van der Waals surface area contributed by atoms with E-state index in [1.165, 1.54) is 80.4 Å². The Labute approximate surface area is 202 Å². The third-order valence-electron chi connectivity index (χ3n) is 8.66. The fraction of sp³-hybridized carbons (Fsp3) is 0.667. The predicted octanol–water partition coefficient (Wildman–Crippen LogP) is 5.09. The molecular formula is C27H38N4OS. The normalized spacial score (nSPS) is 28.1. The molecule has 1 aliphatic carbocycles. The van der Waals surface area contributed by atoms with Crippen LogP contribution in [0.4, 0.5) is 10.5 Å². The van der Waals surface area contributed by atoms with Gasteiger partial charge in [0.1, 0.15) is 0 Å². The van der Waals surface area contributed by atoms with Crippen molar-refractivity contribution >= 4 is 33.1 Å². The molecule has 0 spiro atoms. The molecule has 2 amide bonds. The smallest absolute Gasteiger partial charge is 0.317 e. The molecule has 5 nitrogen and oxygen atoms in total. The molecule has 4 aliphatic rings. The molecule has 0 bridgehead atoms. The summed E-state index contributed by atoms with van der Waals surface area (Å²) in [6, 6.07) is 8.06. The number of piperazine rings is 1. The van der Waals surface area contributed by atoms with E-state index in [1.807, 2.05) is 16.2 Å². The molecule has 1 saturated carbocycles. The lowest BCUT2D eigenvalue weighted by Gasteiger charge is -2.45. The second kappa shape index (κ2) is 9.46. The van der Waals surface area contributed by atoms with Gasteiger partial charge >= 0.3 is 6.03 Å². The van der Waals surface area contributed by atoms with Crippen LogP contribution in [0.2, 0.25) is 0 Å². The van der Waals surface area contributed by atoms with Gasteiger partial charge in [-0.05, 0) is 93.3 Å². The number of nitrogens with zero attached hydrogens (tertiary/aromatic N) is 3. The van der Waals surface area contributed by atoms with Gasteiger partial charge in [-0.2, -0.15) is 0 Å². The van der Waals surface area contributed by atoms with E-state index in [1.54, 1.807) is 5.56 Å². The second-order valence-electron chi connectivity index (χ2n) is 10.8. The van der Waals surface area contributed by atoms with Crippen molar-refractivity contribution in [1.82, 2.24) is 15.1 Å². The fourth-order valence-electron chi connectivity index (χ4n) is 6.72. The quantitative estimate of drug-likeness (QED) is 0.682. The molecule has 3 aliphatic heterocycles. The highest BCUT2D eigenvalue weighted by molar-refractivity contribution is 7.17. The zero-order valence-corrected chi connectivity index (χ0v) is 20.6. The molecule has 1 atom stereocenters. The first kappa shape index (κ1) is 21.7. The Balaban J connectivity index is 0.960. The Morgan fingerprint density at radius 1 is 1.03 bits per heavy atom. The number of hydrogen-bond donors (Lipinski definition) is 1. The number of hydrogen-bond acceptors (Lipinski definition) is 4. The van der Waals surface area contributed by atoms with Gasteiger partial charge in [0.25, 0.3) is 0 Å². The zero-order chi connectivity index (χ0) is 22.2. The van der Waals surface area contributed by atoms with Crippen molar-refractivity contribution in [1.29, 1.82) is 0 Å². The topological polar surface area (TPSA) is 38.8 Å². The Kier molecular flexibility index (Phi) is 6.22. The van der Waals surface area contributed by atoms with Crippen molar-refractivity contribution in [3.63, 3.8) is 0 Å². The van der Waals surface area contributed by atoms with Crippen LogP contribution in [0.5, 0.6) is 0 Å². The number of anilines is 1. The number of urea groups is 1. The van der Waals surface area contributed by atoms with E-state index in [-0.39, 0.29) is 6.03 Å². The minimum Gasteiger partial charge on any atom is -0.365 e. The van der Waals surface area contributed by atoms with Crippen LogP contribution in [-0.4, -0.2) is 67.2 Å². The van der Waals surface area contributed by atoms with Crippen LogP contribution in [0.15, 0.2) is 23.6 Å². The average Bonchev–Trinajstić information content (AvgIpc) is 3.28. The van der Waals surface area contributed by atoms with Crippen molar-refractivity contribution < 1.29 is 4.79 Å². The minimum absolute atomic E-state index is 0.188. The number of carbonyl (C=O) groups is 1. The molecule has 1 aromatic carbocycles. The molecular weight excluding hydrogens is 428 g/mol. The van der Waals surface area contributed by atoms with Crippen molar-refractivity contribution in [3.8, 4) is 0 Å². The maximum absolute atomic E-state index is 12.5. The Morgan fingerprint density at radius 3 is 2.73 bits per heavy atom. The van der Waals surface area contributed by atoms with E-state index in [0.29, 0.717) is 12.1 Å². The highest BCUT2D eigenvalue weighted by Crippen LogP contribution is 2.41. The van der Waals surface area contributed by atoms with Gasteiger partial charge in [-0.15, -0.1) is 11.3 Å². The number of piperidine rings is 1. The van der Waals surface area contributed by atoms with Gasteiger partial charge in [-0.1, -0.05) is 6.07 Å². The standard InChI is InChI=1S/C27H38N4OS/c32-27(30-12-2-1-3-13-30)28-22-9-7-20(8-10-22)11-14-29-15-16-31-23(18-29)17-21-19-33-25-6-4-5-24(31)26(21)25/h4-6,19-20,22-23H,1-3,7-18H2,(H,28,32)/t20-,22-,23?. The molecule has 6 heteroatoms. The summed E-state index contributed by atoms with van der Waals surface area (Å²) in [5.41, 5.74) is 3.04. The molecule has 4 heterocycles. The van der Waals surface area contributed by atoms with E-state index >= 15 is 0 Å². The number of benzene rings is 1. The summed E-state index contributed by atoms with van der Waals surface area (Å²) in [7, 11) is 0. The highest BCUT2D eigenvalue weighted by Gasteiger charge is 2.33. The van der Waals surface area contributed by atoms with E-state index < -0.39 is 0 Å². The molecule has 1 aromatic heterocycles. The van der Waals surface area contributed by atoms with Gasteiger partial charge < -0.3 is 15.1 Å². The fourth-order valence-corrected chi connectivity index (χ4v) is 7.71. The van der Waals surface area contributed by atoms with Crippen LogP contribution in [0.1, 0.15) is 56.9 Å². The lowest BCUT2D eigenvalue weighted by Crippen LogP contribution is -2.55. The number of nitrogens with one attached hydrogen (secondary N) is 1. The summed E-state index contributed by atoms with van der Waals surface area (Å²) in [5, 5.41) is 7.25. The maximum Gasteiger partial charge on any atom is 0.317 e. The van der Waals surface area contributed by atoms with Crippen molar-refractivity contribution in [3.05, 3.63) is 29.1 Å². The first-order chi connectivity index (χ1) is 16.2. The lowest BCUT2D eigenvalue weighted by molar-refractivity contribution is 0.170. The van der Waals surface area contributed by atoms with Crippen LogP contribution < -0.4 is 10.2 Å². The summed E-state index contributed by atoms with van der Waals surface area (Å²) in [6.45, 7) is 6.67. The third-order valence-corrected chi connectivity index (χ3v) is 9.65. The van der Waals surface area contributed by atoms with E-state index in [2.05, 4.69) is 38.7 Å². The molecule has 0 radical (unpaired) electrons. The molecule has 3 fully saturated rings. The van der Waals surface area contributed by atoms with Gasteiger partial charge in [0.2, 0.25) is 0 Å². The van der Waals surface area contributed by atoms with Gasteiger partial charge in [0.05, 0.1) is 0 Å². The predicted molar refractivity (Wildman–Crippen MR) is 137 cm³/mol. The molecule has 2 aromatic rings. The number of carbonyl (C=O) groups excluding carboxylic acids is 1. The molecule has 178 valence electrons. The lowest BCUT2D eigenvalue weighted by atomic mass is 9.84. The maximum atomic E-state index is 12.5. The minimum atomic E-state index is 0.188. The summed E-state index contributed by atoms with van der Waals surface area (Å²) in [5.74, 6) is 0.828. The molecule has 1 unspecified atom stereocenters. The van der Waals surface area contributed by atoms with Gasteiger partial charge in [0, 0.05) is 60.6 Å². The number of likely N-dealkylation sites (tertiary alicyclic amines) is 1. The highest BCUT2D eigenvalue weighted by atomic mass is 32.1. The van der Waals surface area contributed by atoms with Crippen molar-refractivity contribution in [2.45, 2.75) is 69.9 Å². The Bertz CT molecular complexity index is 976. The molecule has 33 heavy (non-hydrogen) atoms. The van der Waals surface area contributed by atoms with Crippen LogP contribution in [-0.2, 0) is 6.42 Å². The van der Waals surface area contributed by atoms with E-state index in [9.17, 15) is 4.79 Å². The SMILES string of the molecule is O=C(N[C@H]1CC[C@H](CCN2CCN3c4cccc5scc(c45)CC3C2)CC1)N1CCCCC1. The van der Waals surface area contributed by atoms with E-state index in [4.69, 9.17) is 0 Å². The molecule has 6 rings (SSSR count). The van der Waals surface area contributed by atoms with Crippen LogP contribution in [0.3, 0.4) is 0 Å². The molecule has 2 saturated heterocycles. The zero-order valence-electron chi connectivity index (χ0n) is 19.8. The van der Waals surface area contributed by atoms with Gasteiger partial charge in [-0.3, -0.25) is 4.90 Å². The van der Waals surface area contributed by atoms with E-state index in [0.717, 1.165) is 38.4 Å². The second-order valence-corrected chi connectivity index (χ2v) is 11.7. The summed E-state index contributed by atoms with van der Waals surface area (Å²) < 4.78 is 1.45. The number of rotatable bonds is 4. The van der Waals surface area contributed by atoms with Crippen LogP contribution >= 0.6 is 11.3 Å². The average molecular weight is 467 g/mol. The van der Waals surface area contributed by atoms with Crippen LogP contribution in [0.25, 0.3) is 10.1 Å². The Morgan fingerprint density at radius 2 is 1.88 bits per heavy atom. The first-order valence-corrected chi connectivity index (χ1v) is 14.2. The number of fused-ring (bicyclic) bond motifs is 2. The summed E-state index contributed by atoms with van der Waals surface area (Å²) in [4.78, 5) is 20.0. The number of amides is 2. The third kappa shape index (κ3) is 4.49. The van der Waals surface area contributed by atoms with Crippen LogP contribution in [0, 0.1) is 5.92 Å². The summed E-state index contributed by atoms with van der Waals surface area (Å²) >= 11 is 1.91. The van der Waals surface area contributed by atoms with Gasteiger partial charge in [-0.25, -0.2) is 4.79 Å². The van der Waals surface area contributed by atoms with Gasteiger partial charge in [0.15, 0.2) is 0 Å².